The van der Waals surface area contributed by atoms with E-state index in [1.165, 1.54) is 11.5 Å². The summed E-state index contributed by atoms with van der Waals surface area (Å²) in [6.07, 6.45) is 5.84. The maximum absolute atomic E-state index is 12.3. The van der Waals surface area contributed by atoms with Crippen LogP contribution in [0.4, 0.5) is 0 Å². The first-order valence-corrected chi connectivity index (χ1v) is 14.5. The van der Waals surface area contributed by atoms with Crippen LogP contribution in [0.1, 0.15) is 50.2 Å². The second kappa shape index (κ2) is 12.9. The molecule has 2 saturated heterocycles. The molecule has 1 N–H and O–H groups in total. The van der Waals surface area contributed by atoms with Crippen molar-refractivity contribution in [2.75, 3.05) is 59.2 Å². The van der Waals surface area contributed by atoms with E-state index in [1.807, 2.05) is 20.8 Å². The molecule has 2 aromatic heterocycles. The normalized spacial score (nSPS) is 22.4. The Bertz CT molecular complexity index is 1060. The van der Waals surface area contributed by atoms with Gasteiger partial charge in [-0.1, -0.05) is 0 Å². The number of carbonyl (C=O) groups excluding carboxylic acids is 1. The number of morpholine rings is 2. The number of aryl methyl sites for hydroxylation is 1. The van der Waals surface area contributed by atoms with E-state index in [1.54, 1.807) is 0 Å². The molecular formula is C28H45N7O4. The van der Waals surface area contributed by atoms with Crippen LogP contribution < -0.4 is 5.32 Å². The van der Waals surface area contributed by atoms with Gasteiger partial charge in [0.1, 0.15) is 17.2 Å². The Morgan fingerprint density at radius 2 is 1.46 bits per heavy atom. The third-order valence-electron chi connectivity index (χ3n) is 7.50. The van der Waals surface area contributed by atoms with Gasteiger partial charge in [0.2, 0.25) is 0 Å². The van der Waals surface area contributed by atoms with Gasteiger partial charge in [-0.15, -0.1) is 0 Å². The van der Waals surface area contributed by atoms with Crippen LogP contribution >= 0.6 is 0 Å². The Morgan fingerprint density at radius 3 is 2.03 bits per heavy atom. The Hall–Kier alpha value is -2.31. The van der Waals surface area contributed by atoms with Gasteiger partial charge in [-0.05, 0) is 27.2 Å². The first-order chi connectivity index (χ1) is 18.8. The SMILES string of the molecule is CC(C)(C)OC(=O)C1CCn2cc(CN3CCOCC3)nc2C1.c1c(CN2CCOCC2)nc2n1CCNC2. The number of esters is 1. The van der Waals surface area contributed by atoms with Crippen LogP contribution in [0.25, 0.3) is 0 Å². The second-order valence-corrected chi connectivity index (χ2v) is 11.9. The lowest BCUT2D eigenvalue weighted by atomic mass is 9.97. The molecule has 0 saturated carbocycles. The molecule has 6 heterocycles. The zero-order valence-corrected chi connectivity index (χ0v) is 23.9. The van der Waals surface area contributed by atoms with Gasteiger partial charge in [-0.3, -0.25) is 14.6 Å². The van der Waals surface area contributed by atoms with E-state index < -0.39 is 5.60 Å². The second-order valence-electron chi connectivity index (χ2n) is 11.9. The summed E-state index contributed by atoms with van der Waals surface area (Å²) in [6.45, 7) is 18.7. The number of carbonyl (C=O) groups is 1. The maximum atomic E-state index is 12.3. The van der Waals surface area contributed by atoms with Crippen molar-refractivity contribution in [3.05, 3.63) is 35.4 Å². The zero-order chi connectivity index (χ0) is 27.2. The average molecular weight is 544 g/mol. The zero-order valence-electron chi connectivity index (χ0n) is 23.9. The number of rotatable bonds is 5. The van der Waals surface area contributed by atoms with E-state index in [2.05, 4.69) is 41.6 Å². The van der Waals surface area contributed by atoms with E-state index >= 15 is 0 Å². The van der Waals surface area contributed by atoms with Crippen LogP contribution in [0.5, 0.6) is 0 Å². The van der Waals surface area contributed by atoms with E-state index in [-0.39, 0.29) is 11.9 Å². The van der Waals surface area contributed by atoms with E-state index in [9.17, 15) is 4.79 Å². The molecule has 1 atom stereocenters. The molecule has 39 heavy (non-hydrogen) atoms. The van der Waals surface area contributed by atoms with Gasteiger partial charge in [0.25, 0.3) is 0 Å². The summed E-state index contributed by atoms with van der Waals surface area (Å²) >= 11 is 0. The largest absolute Gasteiger partial charge is 0.460 e. The number of imidazole rings is 2. The number of nitrogens with zero attached hydrogens (tertiary/aromatic N) is 6. The number of fused-ring (bicyclic) bond motifs is 2. The molecule has 4 aliphatic rings. The number of hydrogen-bond acceptors (Lipinski definition) is 9. The van der Waals surface area contributed by atoms with Crippen molar-refractivity contribution in [3.8, 4) is 0 Å². The highest BCUT2D eigenvalue weighted by Gasteiger charge is 2.30. The van der Waals surface area contributed by atoms with Crippen LogP contribution in [0, 0.1) is 5.92 Å². The van der Waals surface area contributed by atoms with Crippen molar-refractivity contribution in [1.29, 1.82) is 0 Å². The standard InChI is InChI=1S/C17H27N3O3.C11H18N4O/c1-17(2,3)23-16(21)13-4-5-20-12-14(18-15(20)10-13)11-19-6-8-22-9-7-19;1-2-15-9-10(13-11(15)7-12-1)8-14-3-5-16-6-4-14/h12-13H,4-11H2,1-3H3;9,12H,1-8H2. The molecule has 0 amide bonds. The minimum Gasteiger partial charge on any atom is -0.460 e. The molecular weight excluding hydrogens is 498 g/mol. The van der Waals surface area contributed by atoms with Gasteiger partial charge in [0, 0.05) is 77.7 Å². The first-order valence-electron chi connectivity index (χ1n) is 14.5. The van der Waals surface area contributed by atoms with Crippen molar-refractivity contribution in [1.82, 2.24) is 34.2 Å². The lowest BCUT2D eigenvalue weighted by Gasteiger charge is -2.26. The monoisotopic (exact) mass is 543 g/mol. The van der Waals surface area contributed by atoms with Gasteiger partial charge < -0.3 is 28.7 Å². The predicted molar refractivity (Wildman–Crippen MR) is 146 cm³/mol. The third-order valence-corrected chi connectivity index (χ3v) is 7.50. The minimum atomic E-state index is -0.425. The summed E-state index contributed by atoms with van der Waals surface area (Å²) < 4.78 is 20.7. The smallest absolute Gasteiger partial charge is 0.309 e. The number of ether oxygens (including phenoxy) is 3. The summed E-state index contributed by atoms with van der Waals surface area (Å²) in [4.78, 5) is 26.4. The summed E-state index contributed by atoms with van der Waals surface area (Å²) in [5.41, 5.74) is 1.86. The lowest BCUT2D eigenvalue weighted by Crippen LogP contribution is -2.35. The highest BCUT2D eigenvalue weighted by Crippen LogP contribution is 2.24. The summed E-state index contributed by atoms with van der Waals surface area (Å²) in [6, 6.07) is 0. The van der Waals surface area contributed by atoms with E-state index in [4.69, 9.17) is 19.2 Å². The Labute approximate surface area is 231 Å². The molecule has 11 heteroatoms. The van der Waals surface area contributed by atoms with Gasteiger partial charge in [0.05, 0.1) is 50.3 Å². The van der Waals surface area contributed by atoms with Gasteiger partial charge >= 0.3 is 5.97 Å². The van der Waals surface area contributed by atoms with Gasteiger partial charge in [-0.2, -0.15) is 0 Å². The molecule has 0 aliphatic carbocycles. The summed E-state index contributed by atoms with van der Waals surface area (Å²) in [5, 5.41) is 3.34. The van der Waals surface area contributed by atoms with Crippen molar-refractivity contribution >= 4 is 5.97 Å². The fourth-order valence-electron chi connectivity index (χ4n) is 5.45. The Kier molecular flexibility index (Phi) is 9.34. The van der Waals surface area contributed by atoms with Crippen LogP contribution in [0.2, 0.25) is 0 Å². The van der Waals surface area contributed by atoms with Crippen LogP contribution in [-0.4, -0.2) is 99.6 Å². The molecule has 2 aromatic rings. The molecule has 1 unspecified atom stereocenters. The Balaban J connectivity index is 0.000000168. The summed E-state index contributed by atoms with van der Waals surface area (Å²) in [7, 11) is 0. The molecule has 0 bridgehead atoms. The quantitative estimate of drug-likeness (QED) is 0.562. The number of aromatic nitrogens is 4. The van der Waals surface area contributed by atoms with Crippen molar-refractivity contribution in [2.45, 2.75) is 71.9 Å². The predicted octanol–water partition coefficient (Wildman–Crippen LogP) is 1.44. The molecule has 2 fully saturated rings. The van der Waals surface area contributed by atoms with Crippen molar-refractivity contribution in [2.24, 2.45) is 5.92 Å². The van der Waals surface area contributed by atoms with Crippen molar-refractivity contribution in [3.63, 3.8) is 0 Å². The summed E-state index contributed by atoms with van der Waals surface area (Å²) in [5.74, 6) is 2.02. The van der Waals surface area contributed by atoms with Crippen LogP contribution in [-0.2, 0) is 58.1 Å². The third kappa shape index (κ3) is 8.11. The topological polar surface area (TPSA) is 98.9 Å². The number of hydrogen-bond donors (Lipinski definition) is 1. The van der Waals surface area contributed by atoms with E-state index in [0.29, 0.717) is 6.42 Å². The highest BCUT2D eigenvalue weighted by atomic mass is 16.6. The lowest BCUT2D eigenvalue weighted by molar-refractivity contribution is -0.160. The van der Waals surface area contributed by atoms with Crippen molar-refractivity contribution < 1.29 is 19.0 Å². The molecule has 216 valence electrons. The molecule has 0 spiro atoms. The molecule has 0 aromatic carbocycles. The van der Waals surface area contributed by atoms with E-state index in [0.717, 1.165) is 110 Å². The molecule has 11 nitrogen and oxygen atoms in total. The fourth-order valence-corrected chi connectivity index (χ4v) is 5.45. The molecule has 0 radical (unpaired) electrons. The van der Waals surface area contributed by atoms with Crippen LogP contribution in [0.15, 0.2) is 12.4 Å². The maximum Gasteiger partial charge on any atom is 0.309 e. The number of nitrogens with one attached hydrogen (secondary N) is 1. The Morgan fingerprint density at radius 1 is 0.897 bits per heavy atom. The molecule has 6 rings (SSSR count). The minimum absolute atomic E-state index is 0.0691. The highest BCUT2D eigenvalue weighted by molar-refractivity contribution is 5.73. The molecule has 4 aliphatic heterocycles. The average Bonchev–Trinajstić information content (AvgIpc) is 3.51. The fraction of sp³-hybridized carbons (Fsp3) is 0.750. The van der Waals surface area contributed by atoms with Gasteiger partial charge in [0.15, 0.2) is 0 Å². The van der Waals surface area contributed by atoms with Crippen LogP contribution in [0.3, 0.4) is 0 Å². The first kappa shape index (κ1) is 28.2. The van der Waals surface area contributed by atoms with Gasteiger partial charge in [-0.25, -0.2) is 9.97 Å².